The Morgan fingerprint density at radius 2 is 1.02 bits per heavy atom. The SMILES string of the molecule is CC/C=C/C/C=C/CCCCCCCC(CC(=O)NC(CO)C(O)CCCCCCCCCCCC)OC(=O)CCCCCCCCCCCCCC. The number of allylic oxidation sites excluding steroid dienone is 4. The number of ether oxygens (including phenoxy) is 1. The van der Waals surface area contributed by atoms with E-state index >= 15 is 0 Å². The van der Waals surface area contributed by atoms with E-state index in [1.807, 2.05) is 0 Å². The average Bonchev–Trinajstić information content (AvgIpc) is 3.15. The fraction of sp³-hybridized carbons (Fsp3) is 0.872. The van der Waals surface area contributed by atoms with Crippen LogP contribution in [-0.4, -0.2) is 46.9 Å². The highest BCUT2D eigenvalue weighted by Crippen LogP contribution is 2.18. The third-order valence-corrected chi connectivity index (χ3v) is 10.5. The quantitative estimate of drug-likeness (QED) is 0.0329. The lowest BCUT2D eigenvalue weighted by atomic mass is 10.0. The van der Waals surface area contributed by atoms with Gasteiger partial charge in [0, 0.05) is 6.42 Å². The monoisotopic (exact) mass is 748 g/mol. The number of hydrogen-bond donors (Lipinski definition) is 3. The minimum Gasteiger partial charge on any atom is -0.462 e. The molecule has 6 nitrogen and oxygen atoms in total. The molecule has 0 bridgehead atoms. The van der Waals surface area contributed by atoms with Gasteiger partial charge in [-0.1, -0.05) is 199 Å². The Hall–Kier alpha value is -1.66. The molecule has 0 fully saturated rings. The second-order valence-electron chi connectivity index (χ2n) is 15.8. The highest BCUT2D eigenvalue weighted by Gasteiger charge is 2.24. The molecule has 0 aromatic heterocycles. The average molecular weight is 748 g/mol. The van der Waals surface area contributed by atoms with Gasteiger partial charge in [-0.2, -0.15) is 0 Å². The van der Waals surface area contributed by atoms with Crippen molar-refractivity contribution in [2.75, 3.05) is 6.61 Å². The summed E-state index contributed by atoms with van der Waals surface area (Å²) in [5.74, 6) is -0.481. The number of unbranched alkanes of at least 4 members (excludes halogenated alkanes) is 25. The van der Waals surface area contributed by atoms with E-state index in [-0.39, 0.29) is 24.9 Å². The zero-order valence-electron chi connectivity index (χ0n) is 35.4. The highest BCUT2D eigenvalue weighted by atomic mass is 16.5. The van der Waals surface area contributed by atoms with Gasteiger partial charge < -0.3 is 20.3 Å². The molecule has 53 heavy (non-hydrogen) atoms. The van der Waals surface area contributed by atoms with Gasteiger partial charge in [-0.05, 0) is 51.4 Å². The molecule has 0 spiro atoms. The Labute approximate surface area is 329 Å². The normalized spacial score (nSPS) is 13.5. The van der Waals surface area contributed by atoms with Gasteiger partial charge in [0.25, 0.3) is 0 Å². The van der Waals surface area contributed by atoms with Crippen LogP contribution in [0.25, 0.3) is 0 Å². The van der Waals surface area contributed by atoms with Gasteiger partial charge in [0.2, 0.25) is 5.91 Å². The minimum absolute atomic E-state index is 0.0724. The van der Waals surface area contributed by atoms with Crippen LogP contribution in [0.1, 0.15) is 239 Å². The van der Waals surface area contributed by atoms with Gasteiger partial charge in [-0.3, -0.25) is 9.59 Å². The zero-order chi connectivity index (χ0) is 38.9. The molecule has 0 aliphatic heterocycles. The van der Waals surface area contributed by atoms with Crippen LogP contribution in [0.15, 0.2) is 24.3 Å². The molecule has 3 unspecified atom stereocenters. The number of amides is 1. The van der Waals surface area contributed by atoms with Gasteiger partial charge in [0.1, 0.15) is 6.10 Å². The van der Waals surface area contributed by atoms with Crippen LogP contribution in [0.4, 0.5) is 0 Å². The third kappa shape index (κ3) is 37.1. The number of carbonyl (C=O) groups excluding carboxylic acids is 2. The lowest BCUT2D eigenvalue weighted by molar-refractivity contribution is -0.151. The van der Waals surface area contributed by atoms with E-state index in [0.29, 0.717) is 19.3 Å². The van der Waals surface area contributed by atoms with Gasteiger partial charge in [-0.15, -0.1) is 0 Å². The largest absolute Gasteiger partial charge is 0.462 e. The molecule has 0 aliphatic rings. The van der Waals surface area contributed by atoms with E-state index in [1.54, 1.807) is 0 Å². The number of hydrogen-bond acceptors (Lipinski definition) is 5. The summed E-state index contributed by atoms with van der Waals surface area (Å²) in [6.45, 7) is 6.35. The number of carbonyl (C=O) groups is 2. The van der Waals surface area contributed by atoms with Gasteiger partial charge in [0.05, 0.1) is 25.2 Å². The van der Waals surface area contributed by atoms with Crippen LogP contribution in [0.2, 0.25) is 0 Å². The summed E-state index contributed by atoms with van der Waals surface area (Å²) in [5, 5.41) is 23.6. The zero-order valence-corrected chi connectivity index (χ0v) is 35.4. The van der Waals surface area contributed by atoms with E-state index in [9.17, 15) is 19.8 Å². The molecule has 6 heteroatoms. The van der Waals surface area contributed by atoms with Gasteiger partial charge >= 0.3 is 5.97 Å². The number of aliphatic hydroxyl groups excluding tert-OH is 2. The first kappa shape index (κ1) is 51.3. The van der Waals surface area contributed by atoms with E-state index < -0.39 is 18.2 Å². The highest BCUT2D eigenvalue weighted by molar-refractivity contribution is 5.77. The van der Waals surface area contributed by atoms with Gasteiger partial charge in [0.15, 0.2) is 0 Å². The number of nitrogens with one attached hydrogen (secondary N) is 1. The minimum atomic E-state index is -0.785. The Morgan fingerprint density at radius 1 is 0.566 bits per heavy atom. The summed E-state index contributed by atoms with van der Waals surface area (Å²) in [5.41, 5.74) is 0. The molecule has 0 aromatic rings. The molecule has 0 rings (SSSR count). The second kappa shape index (κ2) is 41.5. The summed E-state index contributed by atoms with van der Waals surface area (Å²) in [6.07, 6.45) is 45.2. The Morgan fingerprint density at radius 3 is 1.53 bits per heavy atom. The fourth-order valence-electron chi connectivity index (χ4n) is 7.06. The number of esters is 1. The Balaban J connectivity index is 4.59. The first-order valence-corrected chi connectivity index (χ1v) is 23.1. The van der Waals surface area contributed by atoms with Crippen LogP contribution in [0.5, 0.6) is 0 Å². The van der Waals surface area contributed by atoms with Crippen molar-refractivity contribution < 1.29 is 24.5 Å². The molecule has 3 N–H and O–H groups in total. The molecule has 0 saturated heterocycles. The van der Waals surface area contributed by atoms with Crippen LogP contribution < -0.4 is 5.32 Å². The van der Waals surface area contributed by atoms with E-state index in [1.165, 1.54) is 116 Å². The third-order valence-electron chi connectivity index (χ3n) is 10.5. The predicted octanol–water partition coefficient (Wildman–Crippen LogP) is 13.2. The predicted molar refractivity (Wildman–Crippen MR) is 227 cm³/mol. The van der Waals surface area contributed by atoms with Crippen molar-refractivity contribution in [3.8, 4) is 0 Å². The van der Waals surface area contributed by atoms with E-state index in [0.717, 1.165) is 77.0 Å². The molecule has 0 aromatic carbocycles. The molecular formula is C47H89NO5. The lowest BCUT2D eigenvalue weighted by Gasteiger charge is -2.24. The lowest BCUT2D eigenvalue weighted by Crippen LogP contribution is -2.46. The van der Waals surface area contributed by atoms with Crippen molar-refractivity contribution in [1.82, 2.24) is 5.32 Å². The first-order valence-electron chi connectivity index (χ1n) is 23.1. The summed E-state index contributed by atoms with van der Waals surface area (Å²) in [6, 6.07) is -0.699. The maximum atomic E-state index is 13.1. The van der Waals surface area contributed by atoms with Crippen molar-refractivity contribution in [3.63, 3.8) is 0 Å². The topological polar surface area (TPSA) is 95.9 Å². The second-order valence-corrected chi connectivity index (χ2v) is 15.8. The van der Waals surface area contributed by atoms with Crippen molar-refractivity contribution >= 4 is 11.9 Å². The maximum Gasteiger partial charge on any atom is 0.306 e. The van der Waals surface area contributed by atoms with Crippen LogP contribution in [0.3, 0.4) is 0 Å². The van der Waals surface area contributed by atoms with Crippen molar-refractivity contribution in [2.24, 2.45) is 0 Å². The maximum absolute atomic E-state index is 13.1. The molecule has 0 radical (unpaired) electrons. The van der Waals surface area contributed by atoms with Crippen LogP contribution in [-0.2, 0) is 14.3 Å². The molecule has 1 amide bonds. The summed E-state index contributed by atoms with van der Waals surface area (Å²) < 4.78 is 5.90. The molecule has 0 heterocycles. The fourth-order valence-corrected chi connectivity index (χ4v) is 7.06. The number of aliphatic hydroxyl groups is 2. The first-order chi connectivity index (χ1) is 26.0. The van der Waals surface area contributed by atoms with E-state index in [2.05, 4.69) is 50.4 Å². The van der Waals surface area contributed by atoms with E-state index in [4.69, 9.17) is 4.74 Å². The molecule has 3 atom stereocenters. The Bertz CT molecular complexity index is 843. The standard InChI is InChI=1S/C47H89NO5/c1-4-7-10-13-16-19-22-24-26-29-32-35-38-43(53-47(52)40-37-34-31-28-25-23-20-17-14-11-8-5-2)41-46(51)48-44(42-49)45(50)39-36-33-30-27-21-18-15-12-9-6-3/h7,10,16,19,43-45,49-50H,4-6,8-9,11-15,17-18,20-42H2,1-3H3,(H,48,51)/b10-7+,19-16+. The molecular weight excluding hydrogens is 659 g/mol. The number of rotatable bonds is 41. The van der Waals surface area contributed by atoms with Crippen molar-refractivity contribution in [1.29, 1.82) is 0 Å². The Kier molecular flexibility index (Phi) is 40.2. The summed E-state index contributed by atoms with van der Waals surface area (Å²) >= 11 is 0. The van der Waals surface area contributed by atoms with Crippen molar-refractivity contribution in [2.45, 2.75) is 257 Å². The summed E-state index contributed by atoms with van der Waals surface area (Å²) in [7, 11) is 0. The molecule has 312 valence electrons. The van der Waals surface area contributed by atoms with Gasteiger partial charge in [-0.25, -0.2) is 0 Å². The summed E-state index contributed by atoms with van der Waals surface area (Å²) in [4.78, 5) is 26.0. The van der Waals surface area contributed by atoms with Crippen LogP contribution >= 0.6 is 0 Å². The molecule has 0 saturated carbocycles. The van der Waals surface area contributed by atoms with Crippen LogP contribution in [0, 0.1) is 0 Å². The smallest absolute Gasteiger partial charge is 0.306 e. The van der Waals surface area contributed by atoms with Crippen molar-refractivity contribution in [3.05, 3.63) is 24.3 Å². The molecule has 0 aliphatic carbocycles.